The first-order valence-electron chi connectivity index (χ1n) is 14.4. The van der Waals surface area contributed by atoms with Gasteiger partial charge < -0.3 is 21.1 Å². The predicted molar refractivity (Wildman–Crippen MR) is 159 cm³/mol. The van der Waals surface area contributed by atoms with Gasteiger partial charge in [-0.3, -0.25) is 24.1 Å². The third kappa shape index (κ3) is 6.00. The largest absolute Gasteiger partial charge is 0.508 e. The third-order valence-corrected chi connectivity index (χ3v) is 7.97. The number of rotatable bonds is 9. The number of para-hydroxylation sites is 1. The maximum Gasteiger partial charge on any atom is 0.251 e. The first kappa shape index (κ1) is 28.6. The average Bonchev–Trinajstić information content (AvgIpc) is 3.68. The number of phenolic OH excluding ortho intramolecular Hbond substituents is 1. The van der Waals surface area contributed by atoms with Crippen LogP contribution >= 0.6 is 0 Å². The van der Waals surface area contributed by atoms with Crippen molar-refractivity contribution in [2.75, 3.05) is 4.90 Å². The Morgan fingerprint density at radius 1 is 1.00 bits per heavy atom. The molecule has 1 aromatic heterocycles. The van der Waals surface area contributed by atoms with E-state index in [-0.39, 0.29) is 30.5 Å². The average molecular weight is 594 g/mol. The molecular formula is C32H31N7O5. The van der Waals surface area contributed by atoms with Gasteiger partial charge in [-0.25, -0.2) is 0 Å². The van der Waals surface area contributed by atoms with Gasteiger partial charge in [-0.05, 0) is 53.8 Å². The van der Waals surface area contributed by atoms with Crippen molar-refractivity contribution in [1.82, 2.24) is 31.4 Å². The Labute approximate surface area is 252 Å². The van der Waals surface area contributed by atoms with E-state index in [2.05, 4.69) is 31.4 Å². The van der Waals surface area contributed by atoms with Crippen LogP contribution in [0.3, 0.4) is 0 Å². The number of phenols is 1. The van der Waals surface area contributed by atoms with Crippen LogP contribution in [0.1, 0.15) is 39.2 Å². The van der Waals surface area contributed by atoms with E-state index in [1.807, 2.05) is 18.2 Å². The van der Waals surface area contributed by atoms with Crippen molar-refractivity contribution in [2.24, 2.45) is 0 Å². The molecule has 3 atom stereocenters. The molecule has 44 heavy (non-hydrogen) atoms. The van der Waals surface area contributed by atoms with E-state index >= 15 is 0 Å². The Morgan fingerprint density at radius 3 is 2.52 bits per heavy atom. The van der Waals surface area contributed by atoms with E-state index in [1.165, 1.54) is 23.2 Å². The summed E-state index contributed by atoms with van der Waals surface area (Å²) in [6.45, 7) is 0.150. The summed E-state index contributed by atoms with van der Waals surface area (Å²) in [5.74, 6) is -1.61. The summed E-state index contributed by atoms with van der Waals surface area (Å²) in [4.78, 5) is 55.9. The highest BCUT2D eigenvalue weighted by molar-refractivity contribution is 6.08. The van der Waals surface area contributed by atoms with Gasteiger partial charge in [0.2, 0.25) is 17.7 Å². The maximum atomic E-state index is 14.1. The van der Waals surface area contributed by atoms with Gasteiger partial charge in [0, 0.05) is 18.4 Å². The molecule has 0 fully saturated rings. The Kier molecular flexibility index (Phi) is 8.04. The minimum atomic E-state index is -1.01. The molecule has 4 amide bonds. The quantitative estimate of drug-likeness (QED) is 0.196. The highest BCUT2D eigenvalue weighted by Crippen LogP contribution is 2.39. The van der Waals surface area contributed by atoms with Gasteiger partial charge in [0.15, 0.2) is 0 Å². The van der Waals surface area contributed by atoms with Crippen molar-refractivity contribution in [3.63, 3.8) is 0 Å². The zero-order valence-electron chi connectivity index (χ0n) is 23.7. The Balaban J connectivity index is 1.23. The van der Waals surface area contributed by atoms with Gasteiger partial charge in [0.25, 0.3) is 5.91 Å². The second-order valence-electron chi connectivity index (χ2n) is 10.9. The fourth-order valence-corrected chi connectivity index (χ4v) is 5.76. The number of benzene rings is 3. The second-order valence-corrected chi connectivity index (χ2v) is 10.9. The number of aryl methyl sites for hydroxylation is 1. The van der Waals surface area contributed by atoms with Crippen LogP contribution in [-0.2, 0) is 40.2 Å². The molecule has 12 heteroatoms. The van der Waals surface area contributed by atoms with Crippen molar-refractivity contribution < 1.29 is 24.3 Å². The minimum absolute atomic E-state index is 0.0799. The number of H-pyrrole nitrogens is 1. The molecule has 0 spiro atoms. The van der Waals surface area contributed by atoms with E-state index in [4.69, 9.17) is 0 Å². The van der Waals surface area contributed by atoms with Gasteiger partial charge in [-0.2, -0.15) is 15.4 Å². The van der Waals surface area contributed by atoms with Crippen LogP contribution in [0.4, 0.5) is 5.69 Å². The number of nitrogens with one attached hydrogen (secondary N) is 4. The van der Waals surface area contributed by atoms with Crippen molar-refractivity contribution in [3.05, 3.63) is 107 Å². The lowest BCUT2D eigenvalue weighted by Gasteiger charge is -2.29. The standard InChI is InChI=1S/C32H31N7O5/c40-24-12-9-19(10-13-24)15-26(36-29(41)21-5-2-1-3-6-21)30(42)35-25-14-11-20-7-4-8-22-16-27(39(28(20)22)32(25)44)31(43)33-17-23-18-34-38-37-23/h1-10,12-13,18,25-27,40H,11,14-17H2,(H,33,43)(H,35,42)(H,36,41)(H,34,37,38)/t25-,26-,27-/m0/s1. The zero-order valence-corrected chi connectivity index (χ0v) is 23.7. The highest BCUT2D eigenvalue weighted by Gasteiger charge is 2.44. The van der Waals surface area contributed by atoms with E-state index in [9.17, 15) is 24.3 Å². The van der Waals surface area contributed by atoms with Crippen LogP contribution in [0.5, 0.6) is 5.75 Å². The number of aromatic nitrogens is 3. The minimum Gasteiger partial charge on any atom is -0.508 e. The van der Waals surface area contributed by atoms with E-state index < -0.39 is 29.9 Å². The fraction of sp³-hybridized carbons (Fsp3) is 0.250. The monoisotopic (exact) mass is 593 g/mol. The lowest BCUT2D eigenvalue weighted by molar-refractivity contribution is -0.130. The number of carbonyl (C=O) groups excluding carboxylic acids is 4. The first-order valence-corrected chi connectivity index (χ1v) is 14.4. The van der Waals surface area contributed by atoms with E-state index in [1.54, 1.807) is 42.5 Å². The number of anilines is 1. The number of aromatic amines is 1. The van der Waals surface area contributed by atoms with E-state index in [0.717, 1.165) is 11.1 Å². The molecule has 5 N–H and O–H groups in total. The maximum absolute atomic E-state index is 14.1. The van der Waals surface area contributed by atoms with E-state index in [0.29, 0.717) is 41.8 Å². The summed E-state index contributed by atoms with van der Waals surface area (Å²) >= 11 is 0. The van der Waals surface area contributed by atoms with Gasteiger partial charge in [0.1, 0.15) is 29.6 Å². The molecule has 3 heterocycles. The molecule has 0 saturated heterocycles. The summed E-state index contributed by atoms with van der Waals surface area (Å²) in [6.07, 6.45) is 2.82. The molecule has 6 rings (SSSR count). The van der Waals surface area contributed by atoms with Crippen molar-refractivity contribution in [1.29, 1.82) is 0 Å². The first-order chi connectivity index (χ1) is 21.4. The summed E-state index contributed by atoms with van der Waals surface area (Å²) in [5, 5.41) is 28.5. The molecule has 0 unspecified atom stereocenters. The fourth-order valence-electron chi connectivity index (χ4n) is 5.76. The number of carbonyl (C=O) groups is 4. The summed E-state index contributed by atoms with van der Waals surface area (Å²) in [5.41, 5.74) is 4.19. The van der Waals surface area contributed by atoms with Crippen LogP contribution in [0.2, 0.25) is 0 Å². The van der Waals surface area contributed by atoms with Crippen LogP contribution in [-0.4, -0.2) is 62.3 Å². The summed E-state index contributed by atoms with van der Waals surface area (Å²) in [6, 6.07) is 17.9. The number of hydrogen-bond acceptors (Lipinski definition) is 7. The van der Waals surface area contributed by atoms with Gasteiger partial charge in [0.05, 0.1) is 18.4 Å². The molecular weight excluding hydrogens is 562 g/mol. The van der Waals surface area contributed by atoms with Gasteiger partial charge in [-0.15, -0.1) is 0 Å². The lowest BCUT2D eigenvalue weighted by Crippen LogP contribution is -2.57. The number of hydrogen-bond donors (Lipinski definition) is 5. The molecule has 0 saturated carbocycles. The smallest absolute Gasteiger partial charge is 0.251 e. The molecule has 2 aliphatic heterocycles. The normalized spacial score (nSPS) is 17.7. The van der Waals surface area contributed by atoms with Gasteiger partial charge in [-0.1, -0.05) is 48.5 Å². The number of amides is 4. The zero-order chi connectivity index (χ0) is 30.6. The Hall–Kier alpha value is -5.52. The Bertz CT molecular complexity index is 1680. The topological polar surface area (TPSA) is 169 Å². The lowest BCUT2D eigenvalue weighted by atomic mass is 10.0. The molecule has 3 aromatic carbocycles. The van der Waals surface area contributed by atoms with Crippen LogP contribution in [0.25, 0.3) is 0 Å². The van der Waals surface area contributed by atoms with Crippen LogP contribution < -0.4 is 20.9 Å². The molecule has 0 radical (unpaired) electrons. The molecule has 0 bridgehead atoms. The second kappa shape index (κ2) is 12.4. The van der Waals surface area contributed by atoms with Crippen LogP contribution in [0.15, 0.2) is 79.0 Å². The molecule has 224 valence electrons. The van der Waals surface area contributed by atoms with Crippen molar-refractivity contribution in [3.8, 4) is 5.75 Å². The Morgan fingerprint density at radius 2 is 1.77 bits per heavy atom. The van der Waals surface area contributed by atoms with Crippen molar-refractivity contribution >= 4 is 29.3 Å². The highest BCUT2D eigenvalue weighted by atomic mass is 16.3. The van der Waals surface area contributed by atoms with Crippen LogP contribution in [0, 0.1) is 0 Å². The number of aromatic hydroxyl groups is 1. The summed E-state index contributed by atoms with van der Waals surface area (Å²) < 4.78 is 0. The molecule has 0 aliphatic carbocycles. The van der Waals surface area contributed by atoms with Crippen molar-refractivity contribution in [2.45, 2.75) is 50.4 Å². The van der Waals surface area contributed by atoms with Gasteiger partial charge >= 0.3 is 0 Å². The molecule has 2 aliphatic rings. The SMILES string of the molecule is O=C(N[C@@H](Cc1ccc(O)cc1)C(=O)N[C@H]1CCc2cccc3c2N(C1=O)[C@H](C(=O)NCc1cn[nH]n1)C3)c1ccccc1. The molecule has 12 nitrogen and oxygen atoms in total. The molecule has 4 aromatic rings. The number of nitrogens with zero attached hydrogens (tertiary/aromatic N) is 3. The predicted octanol–water partition coefficient (Wildman–Crippen LogP) is 1.56. The third-order valence-electron chi connectivity index (χ3n) is 7.97. The summed E-state index contributed by atoms with van der Waals surface area (Å²) in [7, 11) is 0.